The number of nitrogen functional groups attached to an aromatic ring is 1. The quantitative estimate of drug-likeness (QED) is 0.650. The first-order chi connectivity index (χ1) is 7.84. The molecule has 1 aromatic carbocycles. The van der Waals surface area contributed by atoms with Crippen LogP contribution >= 0.6 is 11.3 Å². The summed E-state index contributed by atoms with van der Waals surface area (Å²) in [4.78, 5) is 10.0. The summed E-state index contributed by atoms with van der Waals surface area (Å²) in [5.41, 5.74) is 9.00. The van der Waals surface area contributed by atoms with Crippen molar-refractivity contribution < 1.29 is 0 Å². The summed E-state index contributed by atoms with van der Waals surface area (Å²) >= 11 is 1.66. The minimum absolute atomic E-state index is 0.669. The van der Waals surface area contributed by atoms with Crippen molar-refractivity contribution in [2.45, 2.75) is 0 Å². The lowest BCUT2D eigenvalue weighted by Gasteiger charge is -2.02. The van der Waals surface area contributed by atoms with Crippen LogP contribution < -0.4 is 5.73 Å². The first kappa shape index (κ1) is 9.30. The third-order valence-corrected chi connectivity index (χ3v) is 3.27. The predicted molar refractivity (Wildman–Crippen MR) is 67.3 cm³/mol. The third-order valence-electron chi connectivity index (χ3n) is 2.38. The molecule has 16 heavy (non-hydrogen) atoms. The molecule has 3 nitrogen and oxygen atoms in total. The normalized spacial score (nSPS) is 10.8. The van der Waals surface area contributed by atoms with Gasteiger partial charge in [0.15, 0.2) is 0 Å². The Balaban J connectivity index is 2.24. The van der Waals surface area contributed by atoms with E-state index in [1.165, 1.54) is 0 Å². The molecule has 0 bridgehead atoms. The van der Waals surface area contributed by atoms with E-state index in [9.17, 15) is 0 Å². The SMILES string of the molecule is Nc1cccc2nc(-c3cccs3)cnc12. The number of thiophene rings is 1. The van der Waals surface area contributed by atoms with Gasteiger partial charge in [0.05, 0.1) is 28.0 Å². The number of nitrogens with zero attached hydrogens (tertiary/aromatic N) is 2. The fourth-order valence-corrected chi connectivity index (χ4v) is 2.29. The van der Waals surface area contributed by atoms with Crippen LogP contribution in [-0.2, 0) is 0 Å². The van der Waals surface area contributed by atoms with Gasteiger partial charge in [-0.3, -0.25) is 4.98 Å². The van der Waals surface area contributed by atoms with Crippen molar-refractivity contribution in [3.63, 3.8) is 0 Å². The van der Waals surface area contributed by atoms with Gasteiger partial charge >= 0.3 is 0 Å². The molecule has 0 fully saturated rings. The van der Waals surface area contributed by atoms with E-state index in [0.29, 0.717) is 5.69 Å². The zero-order valence-corrected chi connectivity index (χ0v) is 9.24. The fourth-order valence-electron chi connectivity index (χ4n) is 1.61. The second kappa shape index (κ2) is 3.57. The first-order valence-corrected chi connectivity index (χ1v) is 5.78. The predicted octanol–water partition coefficient (Wildman–Crippen LogP) is 2.94. The average molecular weight is 227 g/mol. The highest BCUT2D eigenvalue weighted by Gasteiger charge is 2.04. The average Bonchev–Trinajstić information content (AvgIpc) is 2.82. The highest BCUT2D eigenvalue weighted by molar-refractivity contribution is 7.13. The van der Waals surface area contributed by atoms with Gasteiger partial charge in [-0.15, -0.1) is 11.3 Å². The van der Waals surface area contributed by atoms with Crippen molar-refractivity contribution in [3.05, 3.63) is 41.9 Å². The van der Waals surface area contributed by atoms with Crippen LogP contribution in [-0.4, -0.2) is 9.97 Å². The van der Waals surface area contributed by atoms with E-state index in [2.05, 4.69) is 9.97 Å². The molecule has 0 spiro atoms. The van der Waals surface area contributed by atoms with Gasteiger partial charge in [-0.25, -0.2) is 4.98 Å². The number of anilines is 1. The molecule has 0 saturated carbocycles. The highest BCUT2D eigenvalue weighted by atomic mass is 32.1. The Morgan fingerprint density at radius 3 is 2.88 bits per heavy atom. The minimum Gasteiger partial charge on any atom is -0.397 e. The Kier molecular flexibility index (Phi) is 2.08. The number of hydrogen-bond donors (Lipinski definition) is 1. The summed E-state index contributed by atoms with van der Waals surface area (Å²) in [7, 11) is 0. The lowest BCUT2D eigenvalue weighted by atomic mass is 10.2. The molecule has 4 heteroatoms. The molecule has 0 aliphatic heterocycles. The summed E-state index contributed by atoms with van der Waals surface area (Å²) < 4.78 is 0. The van der Waals surface area contributed by atoms with Crippen LogP contribution in [0.1, 0.15) is 0 Å². The van der Waals surface area contributed by atoms with Crippen molar-refractivity contribution in [1.29, 1.82) is 0 Å². The van der Waals surface area contributed by atoms with E-state index in [-0.39, 0.29) is 0 Å². The zero-order valence-electron chi connectivity index (χ0n) is 8.42. The Labute approximate surface area is 96.6 Å². The molecule has 78 valence electrons. The Bertz CT molecular complexity index is 632. The summed E-state index contributed by atoms with van der Waals surface area (Å²) in [6.45, 7) is 0. The molecule has 3 aromatic rings. The van der Waals surface area contributed by atoms with Gasteiger partial charge < -0.3 is 5.73 Å². The standard InChI is InChI=1S/C12H9N3S/c13-8-3-1-4-9-12(8)14-7-10(15-9)11-5-2-6-16-11/h1-7H,13H2. The number of para-hydroxylation sites is 1. The number of fused-ring (bicyclic) bond motifs is 1. The van der Waals surface area contributed by atoms with Crippen LogP contribution in [0, 0.1) is 0 Å². The molecule has 0 saturated heterocycles. The maximum absolute atomic E-state index is 5.83. The topological polar surface area (TPSA) is 51.8 Å². The van der Waals surface area contributed by atoms with Crippen molar-refractivity contribution in [2.75, 3.05) is 5.73 Å². The maximum atomic E-state index is 5.83. The Morgan fingerprint density at radius 2 is 2.06 bits per heavy atom. The second-order valence-electron chi connectivity index (χ2n) is 3.45. The van der Waals surface area contributed by atoms with Gasteiger partial charge in [0.25, 0.3) is 0 Å². The molecule has 0 aliphatic rings. The molecule has 0 aliphatic carbocycles. The van der Waals surface area contributed by atoms with E-state index >= 15 is 0 Å². The summed E-state index contributed by atoms with van der Waals surface area (Å²) in [6.07, 6.45) is 1.77. The lowest BCUT2D eigenvalue weighted by Crippen LogP contribution is -1.92. The number of hydrogen-bond acceptors (Lipinski definition) is 4. The molecule has 2 aromatic heterocycles. The number of nitrogens with two attached hydrogens (primary N) is 1. The highest BCUT2D eigenvalue weighted by Crippen LogP contribution is 2.25. The van der Waals surface area contributed by atoms with Crippen LogP contribution in [0.3, 0.4) is 0 Å². The molecule has 3 rings (SSSR count). The van der Waals surface area contributed by atoms with Crippen LogP contribution in [0.25, 0.3) is 21.6 Å². The van der Waals surface area contributed by atoms with Crippen LogP contribution in [0.2, 0.25) is 0 Å². The van der Waals surface area contributed by atoms with Gasteiger partial charge in [0, 0.05) is 0 Å². The van der Waals surface area contributed by atoms with E-state index in [1.54, 1.807) is 17.5 Å². The van der Waals surface area contributed by atoms with E-state index in [0.717, 1.165) is 21.6 Å². The van der Waals surface area contributed by atoms with Crippen LogP contribution in [0.4, 0.5) is 5.69 Å². The number of benzene rings is 1. The minimum atomic E-state index is 0.669. The monoisotopic (exact) mass is 227 g/mol. The molecule has 0 atom stereocenters. The number of aromatic nitrogens is 2. The Morgan fingerprint density at radius 1 is 1.12 bits per heavy atom. The molecule has 0 amide bonds. The molecule has 0 radical (unpaired) electrons. The first-order valence-electron chi connectivity index (χ1n) is 4.90. The van der Waals surface area contributed by atoms with Gasteiger partial charge in [-0.2, -0.15) is 0 Å². The molecular formula is C12H9N3S. The van der Waals surface area contributed by atoms with Crippen molar-refractivity contribution >= 4 is 28.1 Å². The second-order valence-corrected chi connectivity index (χ2v) is 4.40. The van der Waals surface area contributed by atoms with Gasteiger partial charge in [0.1, 0.15) is 5.52 Å². The lowest BCUT2D eigenvalue weighted by molar-refractivity contribution is 1.30. The van der Waals surface area contributed by atoms with Crippen molar-refractivity contribution in [3.8, 4) is 10.6 Å². The fraction of sp³-hybridized carbons (Fsp3) is 0. The molecule has 2 N–H and O–H groups in total. The maximum Gasteiger partial charge on any atom is 0.112 e. The molecule has 0 unspecified atom stereocenters. The number of rotatable bonds is 1. The van der Waals surface area contributed by atoms with Crippen molar-refractivity contribution in [1.82, 2.24) is 9.97 Å². The summed E-state index contributed by atoms with van der Waals surface area (Å²) in [5, 5.41) is 2.03. The van der Waals surface area contributed by atoms with Crippen LogP contribution in [0.15, 0.2) is 41.9 Å². The van der Waals surface area contributed by atoms with E-state index in [1.807, 2.05) is 35.7 Å². The van der Waals surface area contributed by atoms with Gasteiger partial charge in [-0.1, -0.05) is 12.1 Å². The smallest absolute Gasteiger partial charge is 0.112 e. The van der Waals surface area contributed by atoms with Gasteiger partial charge in [0.2, 0.25) is 0 Å². The van der Waals surface area contributed by atoms with Crippen LogP contribution in [0.5, 0.6) is 0 Å². The van der Waals surface area contributed by atoms with Crippen molar-refractivity contribution in [2.24, 2.45) is 0 Å². The van der Waals surface area contributed by atoms with E-state index in [4.69, 9.17) is 5.73 Å². The third kappa shape index (κ3) is 1.44. The Hall–Kier alpha value is -1.94. The largest absolute Gasteiger partial charge is 0.397 e. The molecule has 2 heterocycles. The summed E-state index contributed by atoms with van der Waals surface area (Å²) in [5.74, 6) is 0. The van der Waals surface area contributed by atoms with Gasteiger partial charge in [-0.05, 0) is 23.6 Å². The zero-order chi connectivity index (χ0) is 11.0. The van der Waals surface area contributed by atoms with E-state index < -0.39 is 0 Å². The summed E-state index contributed by atoms with van der Waals surface area (Å²) in [6, 6.07) is 9.69. The molecular weight excluding hydrogens is 218 g/mol.